The molecule has 2 rings (SSSR count). The summed E-state index contributed by atoms with van der Waals surface area (Å²) in [5.41, 5.74) is 1.50. The van der Waals surface area contributed by atoms with Gasteiger partial charge in [-0.25, -0.2) is 0 Å². The van der Waals surface area contributed by atoms with E-state index in [-0.39, 0.29) is 39.3 Å². The predicted octanol–water partition coefficient (Wildman–Crippen LogP) is 4.84. The molecule has 2 aromatic carbocycles. The Morgan fingerprint density at radius 3 is 0.976 bits per heavy atom. The molecule has 0 aliphatic rings. The second-order valence-corrected chi connectivity index (χ2v) is 9.34. The van der Waals surface area contributed by atoms with Gasteiger partial charge in [-0.2, -0.15) is 0 Å². The van der Waals surface area contributed by atoms with Crippen LogP contribution in [0.25, 0.3) is 0 Å². The highest BCUT2D eigenvalue weighted by Crippen LogP contribution is 2.43. The average Bonchev–Trinajstić information content (AvgIpc) is 2.99. The molecule has 0 radical (unpaired) electrons. The van der Waals surface area contributed by atoms with E-state index in [0.29, 0.717) is 11.5 Å². The molecule has 10 nitrogen and oxygen atoms in total. The molecule has 0 unspecified atom stereocenters. The molecule has 0 bridgehead atoms. The van der Waals surface area contributed by atoms with Crippen molar-refractivity contribution in [3.8, 4) is 11.5 Å². The van der Waals surface area contributed by atoms with Crippen LogP contribution < -0.4 is 9.47 Å². The summed E-state index contributed by atoms with van der Waals surface area (Å²) in [6.07, 6.45) is -0.0296. The molecular weight excluding hydrogens is 544 g/mol. The highest BCUT2D eigenvalue weighted by molar-refractivity contribution is 5.95. The van der Waals surface area contributed by atoms with Crippen LogP contribution in [0.1, 0.15) is 63.5 Å². The van der Waals surface area contributed by atoms with E-state index in [1.54, 1.807) is 66.2 Å². The van der Waals surface area contributed by atoms with Crippen LogP contribution in [0, 0.1) is 11.8 Å². The Labute approximate surface area is 247 Å². The first-order valence-electron chi connectivity index (χ1n) is 14.2. The quantitative estimate of drug-likeness (QED) is 0.145. The summed E-state index contributed by atoms with van der Waals surface area (Å²) in [4.78, 5) is 52.3. The maximum Gasteiger partial charge on any atom is 0.320 e. The summed E-state index contributed by atoms with van der Waals surface area (Å²) in [5.74, 6) is -5.24. The van der Waals surface area contributed by atoms with Crippen LogP contribution in [0.3, 0.4) is 0 Å². The average molecular weight is 587 g/mol. The Bertz CT molecular complexity index is 1020. The lowest BCUT2D eigenvalue weighted by atomic mass is 9.72. The van der Waals surface area contributed by atoms with Crippen molar-refractivity contribution in [1.29, 1.82) is 0 Å². The zero-order valence-corrected chi connectivity index (χ0v) is 25.3. The maximum atomic E-state index is 13.1. The molecule has 230 valence electrons. The van der Waals surface area contributed by atoms with Gasteiger partial charge in [0.25, 0.3) is 0 Å². The van der Waals surface area contributed by atoms with Crippen molar-refractivity contribution in [3.63, 3.8) is 0 Å². The van der Waals surface area contributed by atoms with Gasteiger partial charge < -0.3 is 28.4 Å². The number of hydrogen-bond donors (Lipinski definition) is 0. The number of benzene rings is 2. The van der Waals surface area contributed by atoms with Crippen molar-refractivity contribution in [2.75, 3.05) is 40.6 Å². The van der Waals surface area contributed by atoms with Crippen LogP contribution in [0.15, 0.2) is 48.5 Å². The third-order valence-electron chi connectivity index (χ3n) is 6.84. The second-order valence-electron chi connectivity index (χ2n) is 9.34. The van der Waals surface area contributed by atoms with Crippen molar-refractivity contribution in [2.45, 2.75) is 52.4 Å². The van der Waals surface area contributed by atoms with Crippen molar-refractivity contribution in [1.82, 2.24) is 0 Å². The standard InChI is InChI=1S/C32H42O10/c1-7-39-29(33)27(30(34)40-8-2)19-25(21-11-15-23(37-5)16-12-21)26(22-13-17-24(38-6)18-14-22)20-28(31(35)41-9-3)32(36)42-10-4/h11-18,25-28H,7-10,19-20H2,1-6H3/t25-,26-/m1/s1. The molecule has 0 saturated heterocycles. The van der Waals surface area contributed by atoms with E-state index in [0.717, 1.165) is 11.1 Å². The van der Waals surface area contributed by atoms with Crippen LogP contribution in [-0.2, 0) is 38.1 Å². The van der Waals surface area contributed by atoms with Crippen molar-refractivity contribution in [2.24, 2.45) is 11.8 Å². The van der Waals surface area contributed by atoms with E-state index in [1.165, 1.54) is 0 Å². The number of hydrogen-bond acceptors (Lipinski definition) is 10. The largest absolute Gasteiger partial charge is 0.497 e. The lowest BCUT2D eigenvalue weighted by Gasteiger charge is -2.32. The summed E-state index contributed by atoms with van der Waals surface area (Å²) in [5, 5.41) is 0. The van der Waals surface area contributed by atoms with Gasteiger partial charge in [-0.15, -0.1) is 0 Å². The van der Waals surface area contributed by atoms with E-state index in [9.17, 15) is 19.2 Å². The first-order valence-corrected chi connectivity index (χ1v) is 14.2. The van der Waals surface area contributed by atoms with Crippen LogP contribution in [0.2, 0.25) is 0 Å². The number of ether oxygens (including phenoxy) is 6. The Balaban J connectivity index is 2.75. The number of methoxy groups -OCH3 is 2. The predicted molar refractivity (Wildman–Crippen MR) is 154 cm³/mol. The summed E-state index contributed by atoms with van der Waals surface area (Å²) in [6.45, 7) is 6.95. The highest BCUT2D eigenvalue weighted by atomic mass is 16.6. The molecule has 0 N–H and O–H groups in total. The zero-order valence-electron chi connectivity index (χ0n) is 25.3. The van der Waals surface area contributed by atoms with Crippen molar-refractivity contribution in [3.05, 3.63) is 59.7 Å². The van der Waals surface area contributed by atoms with E-state index in [4.69, 9.17) is 28.4 Å². The Kier molecular flexibility index (Phi) is 14.4. The van der Waals surface area contributed by atoms with Gasteiger partial charge in [-0.05, 0) is 87.8 Å². The lowest BCUT2D eigenvalue weighted by molar-refractivity contribution is -0.164. The normalized spacial score (nSPS) is 12.3. The Hall–Kier alpha value is -4.08. The van der Waals surface area contributed by atoms with Gasteiger partial charge in [-0.3, -0.25) is 19.2 Å². The van der Waals surface area contributed by atoms with Gasteiger partial charge >= 0.3 is 23.9 Å². The zero-order chi connectivity index (χ0) is 31.1. The maximum absolute atomic E-state index is 13.1. The number of rotatable bonds is 17. The fourth-order valence-electron chi connectivity index (χ4n) is 4.82. The summed E-state index contributed by atoms with van der Waals surface area (Å²) >= 11 is 0. The molecule has 2 aromatic rings. The van der Waals surface area contributed by atoms with Crippen LogP contribution in [0.4, 0.5) is 0 Å². The van der Waals surface area contributed by atoms with Crippen LogP contribution in [-0.4, -0.2) is 64.5 Å². The van der Waals surface area contributed by atoms with Gasteiger partial charge in [0.05, 0.1) is 40.6 Å². The molecular formula is C32H42O10. The third kappa shape index (κ3) is 9.49. The van der Waals surface area contributed by atoms with E-state index in [2.05, 4.69) is 0 Å². The first-order chi connectivity index (χ1) is 20.2. The SMILES string of the molecule is CCOC(=O)C(C[C@H](c1ccc(OC)cc1)[C@H](CC(C(=O)OCC)C(=O)OCC)c1ccc(OC)cc1)C(=O)OCC. The Morgan fingerprint density at radius 2 is 0.762 bits per heavy atom. The van der Waals surface area contributed by atoms with Crippen LogP contribution in [0.5, 0.6) is 11.5 Å². The van der Waals surface area contributed by atoms with Crippen molar-refractivity contribution < 1.29 is 47.6 Å². The molecule has 0 saturated carbocycles. The molecule has 0 amide bonds. The molecule has 2 atom stereocenters. The van der Waals surface area contributed by atoms with E-state index in [1.807, 2.05) is 24.3 Å². The van der Waals surface area contributed by atoms with E-state index >= 15 is 0 Å². The summed E-state index contributed by atoms with van der Waals surface area (Å²) < 4.78 is 31.7. The highest BCUT2D eigenvalue weighted by Gasteiger charge is 2.40. The van der Waals surface area contributed by atoms with Gasteiger partial charge in [0.1, 0.15) is 11.5 Å². The van der Waals surface area contributed by atoms with Gasteiger partial charge in [0.2, 0.25) is 0 Å². The van der Waals surface area contributed by atoms with Gasteiger partial charge in [0, 0.05) is 0 Å². The molecule has 0 aliphatic carbocycles. The summed E-state index contributed by atoms with van der Waals surface area (Å²) in [7, 11) is 3.10. The number of esters is 4. The fourth-order valence-corrected chi connectivity index (χ4v) is 4.82. The number of carbonyl (C=O) groups is 4. The molecule has 0 heterocycles. The minimum atomic E-state index is -1.25. The second kappa shape index (κ2) is 17.7. The van der Waals surface area contributed by atoms with Gasteiger partial charge in [0.15, 0.2) is 11.8 Å². The van der Waals surface area contributed by atoms with Crippen LogP contribution >= 0.6 is 0 Å². The third-order valence-corrected chi connectivity index (χ3v) is 6.84. The molecule has 10 heteroatoms. The topological polar surface area (TPSA) is 124 Å². The molecule has 0 spiro atoms. The fraction of sp³-hybridized carbons (Fsp3) is 0.500. The molecule has 0 aliphatic heterocycles. The first kappa shape index (κ1) is 34.1. The summed E-state index contributed by atoms with van der Waals surface area (Å²) in [6, 6.07) is 14.4. The number of carbonyl (C=O) groups excluding carboxylic acids is 4. The molecule has 42 heavy (non-hydrogen) atoms. The van der Waals surface area contributed by atoms with E-state index < -0.39 is 47.5 Å². The Morgan fingerprint density at radius 1 is 0.500 bits per heavy atom. The molecule has 0 fully saturated rings. The monoisotopic (exact) mass is 586 g/mol. The smallest absolute Gasteiger partial charge is 0.320 e. The minimum absolute atomic E-state index is 0.0148. The minimum Gasteiger partial charge on any atom is -0.497 e. The lowest BCUT2D eigenvalue weighted by Crippen LogP contribution is -2.34. The van der Waals surface area contributed by atoms with Crippen molar-refractivity contribution >= 4 is 23.9 Å². The van der Waals surface area contributed by atoms with Gasteiger partial charge in [-0.1, -0.05) is 24.3 Å². The molecule has 0 aromatic heterocycles.